The number of hydrogen-bond donors (Lipinski definition) is 1. The predicted molar refractivity (Wildman–Crippen MR) is 69.1 cm³/mol. The summed E-state index contributed by atoms with van der Waals surface area (Å²) in [7, 11) is 1.93. The number of anilines is 1. The normalized spacial score (nSPS) is 10.1. The molecule has 5 nitrogen and oxygen atoms in total. The van der Waals surface area contributed by atoms with E-state index in [4.69, 9.17) is 5.73 Å². The van der Waals surface area contributed by atoms with Crippen LogP contribution in [-0.2, 0) is 6.54 Å². The van der Waals surface area contributed by atoms with Gasteiger partial charge >= 0.3 is 0 Å². The largest absolute Gasteiger partial charge is 0.369 e. The SMILES string of the molecule is CN(Cc1ccccn1)c1ccnc(C(N)=O)c1. The summed E-state index contributed by atoms with van der Waals surface area (Å²) < 4.78 is 0. The van der Waals surface area contributed by atoms with Crippen molar-refractivity contribution in [2.24, 2.45) is 5.73 Å². The summed E-state index contributed by atoms with van der Waals surface area (Å²) >= 11 is 0. The minimum Gasteiger partial charge on any atom is -0.369 e. The fourth-order valence-corrected chi connectivity index (χ4v) is 1.62. The van der Waals surface area contributed by atoms with Crippen molar-refractivity contribution in [1.82, 2.24) is 9.97 Å². The number of nitrogens with zero attached hydrogens (tertiary/aromatic N) is 3. The van der Waals surface area contributed by atoms with Crippen molar-refractivity contribution >= 4 is 11.6 Å². The van der Waals surface area contributed by atoms with Crippen LogP contribution in [0, 0.1) is 0 Å². The average molecular weight is 242 g/mol. The van der Waals surface area contributed by atoms with Crippen LogP contribution < -0.4 is 10.6 Å². The van der Waals surface area contributed by atoms with Crippen molar-refractivity contribution in [3.05, 3.63) is 54.1 Å². The lowest BCUT2D eigenvalue weighted by Crippen LogP contribution is -2.19. The zero-order valence-electron chi connectivity index (χ0n) is 10.1. The highest BCUT2D eigenvalue weighted by molar-refractivity contribution is 5.91. The van der Waals surface area contributed by atoms with Crippen LogP contribution in [0.3, 0.4) is 0 Å². The molecule has 0 bridgehead atoms. The van der Waals surface area contributed by atoms with E-state index >= 15 is 0 Å². The molecule has 0 saturated heterocycles. The number of carbonyl (C=O) groups is 1. The van der Waals surface area contributed by atoms with Gasteiger partial charge in [-0.05, 0) is 24.3 Å². The van der Waals surface area contributed by atoms with Gasteiger partial charge in [-0.3, -0.25) is 14.8 Å². The van der Waals surface area contributed by atoms with E-state index in [1.165, 1.54) is 0 Å². The minimum atomic E-state index is -0.525. The molecule has 0 radical (unpaired) electrons. The van der Waals surface area contributed by atoms with Crippen molar-refractivity contribution in [2.75, 3.05) is 11.9 Å². The van der Waals surface area contributed by atoms with E-state index in [1.54, 1.807) is 18.5 Å². The van der Waals surface area contributed by atoms with Crippen LogP contribution in [-0.4, -0.2) is 22.9 Å². The second-order valence-electron chi connectivity index (χ2n) is 3.94. The zero-order chi connectivity index (χ0) is 13.0. The van der Waals surface area contributed by atoms with E-state index < -0.39 is 5.91 Å². The Kier molecular flexibility index (Phi) is 3.52. The van der Waals surface area contributed by atoms with E-state index in [0.29, 0.717) is 6.54 Å². The van der Waals surface area contributed by atoms with Gasteiger partial charge in [0.1, 0.15) is 5.69 Å². The van der Waals surface area contributed by atoms with Gasteiger partial charge in [-0.2, -0.15) is 0 Å². The van der Waals surface area contributed by atoms with Gasteiger partial charge in [0.25, 0.3) is 5.91 Å². The predicted octanol–water partition coefficient (Wildman–Crippen LogP) is 1.21. The number of nitrogens with two attached hydrogens (primary N) is 1. The summed E-state index contributed by atoms with van der Waals surface area (Å²) in [6, 6.07) is 9.27. The molecular formula is C13H14N4O. The third kappa shape index (κ3) is 2.82. The standard InChI is InChI=1S/C13H14N4O/c1-17(9-10-4-2-3-6-15-10)11-5-7-16-12(8-11)13(14)18/h2-8H,9H2,1H3,(H2,14,18). The van der Waals surface area contributed by atoms with Crippen molar-refractivity contribution in [3.63, 3.8) is 0 Å². The van der Waals surface area contributed by atoms with Crippen molar-refractivity contribution in [1.29, 1.82) is 0 Å². The first-order valence-corrected chi connectivity index (χ1v) is 5.54. The molecule has 2 N–H and O–H groups in total. The molecule has 0 aliphatic heterocycles. The van der Waals surface area contributed by atoms with Gasteiger partial charge in [-0.15, -0.1) is 0 Å². The maximum absolute atomic E-state index is 11.1. The zero-order valence-corrected chi connectivity index (χ0v) is 10.1. The Hall–Kier alpha value is -2.43. The van der Waals surface area contributed by atoms with Gasteiger partial charge in [-0.1, -0.05) is 6.07 Å². The summed E-state index contributed by atoms with van der Waals surface area (Å²) in [6.45, 7) is 0.656. The van der Waals surface area contributed by atoms with Gasteiger partial charge in [-0.25, -0.2) is 0 Å². The van der Waals surface area contributed by atoms with Crippen LogP contribution in [0.1, 0.15) is 16.2 Å². The summed E-state index contributed by atoms with van der Waals surface area (Å²) in [6.07, 6.45) is 3.33. The van der Waals surface area contributed by atoms with Crippen LogP contribution >= 0.6 is 0 Å². The number of primary amides is 1. The summed E-state index contributed by atoms with van der Waals surface area (Å²) in [5.74, 6) is -0.525. The Balaban J connectivity index is 2.16. The molecule has 2 rings (SSSR count). The highest BCUT2D eigenvalue weighted by Crippen LogP contribution is 2.14. The molecule has 0 aliphatic carbocycles. The van der Waals surface area contributed by atoms with Crippen LogP contribution in [0.15, 0.2) is 42.7 Å². The van der Waals surface area contributed by atoms with Gasteiger partial charge in [0.2, 0.25) is 0 Å². The molecule has 2 aromatic heterocycles. The number of rotatable bonds is 4. The Morgan fingerprint density at radius 1 is 1.28 bits per heavy atom. The molecule has 0 fully saturated rings. The quantitative estimate of drug-likeness (QED) is 0.874. The first-order valence-electron chi connectivity index (χ1n) is 5.54. The fraction of sp³-hybridized carbons (Fsp3) is 0.154. The van der Waals surface area contributed by atoms with Crippen LogP contribution in [0.4, 0.5) is 5.69 Å². The molecule has 0 unspecified atom stereocenters. The Morgan fingerprint density at radius 2 is 2.11 bits per heavy atom. The first-order chi connectivity index (χ1) is 8.66. The Bertz CT molecular complexity index is 542. The molecular weight excluding hydrogens is 228 g/mol. The van der Waals surface area contributed by atoms with Gasteiger partial charge in [0, 0.05) is 25.1 Å². The molecule has 0 aromatic carbocycles. The Labute approximate surface area is 105 Å². The second kappa shape index (κ2) is 5.27. The number of aromatic nitrogens is 2. The molecule has 2 aromatic rings. The molecule has 0 aliphatic rings. The highest BCUT2D eigenvalue weighted by Gasteiger charge is 2.07. The molecule has 18 heavy (non-hydrogen) atoms. The van der Waals surface area contributed by atoms with E-state index in [2.05, 4.69) is 9.97 Å². The van der Waals surface area contributed by atoms with Crippen molar-refractivity contribution in [2.45, 2.75) is 6.54 Å². The first kappa shape index (κ1) is 12.0. The number of pyridine rings is 2. The summed E-state index contributed by atoms with van der Waals surface area (Å²) in [4.78, 5) is 21.2. The number of hydrogen-bond acceptors (Lipinski definition) is 4. The molecule has 2 heterocycles. The Morgan fingerprint density at radius 3 is 2.78 bits per heavy atom. The average Bonchev–Trinajstić information content (AvgIpc) is 2.40. The lowest BCUT2D eigenvalue weighted by Gasteiger charge is -2.18. The lowest BCUT2D eigenvalue weighted by atomic mass is 10.2. The van der Waals surface area contributed by atoms with E-state index in [-0.39, 0.29) is 5.69 Å². The van der Waals surface area contributed by atoms with E-state index in [1.807, 2.05) is 36.2 Å². The van der Waals surface area contributed by atoms with Crippen LogP contribution in [0.25, 0.3) is 0 Å². The maximum Gasteiger partial charge on any atom is 0.267 e. The van der Waals surface area contributed by atoms with Crippen molar-refractivity contribution < 1.29 is 4.79 Å². The van der Waals surface area contributed by atoms with Gasteiger partial charge < -0.3 is 10.6 Å². The molecule has 1 amide bonds. The minimum absolute atomic E-state index is 0.264. The topological polar surface area (TPSA) is 72.1 Å². The van der Waals surface area contributed by atoms with Crippen molar-refractivity contribution in [3.8, 4) is 0 Å². The monoisotopic (exact) mass is 242 g/mol. The summed E-state index contributed by atoms with van der Waals surface area (Å²) in [5, 5.41) is 0. The summed E-state index contributed by atoms with van der Waals surface area (Å²) in [5.41, 5.74) is 7.30. The van der Waals surface area contributed by atoms with Gasteiger partial charge in [0.15, 0.2) is 0 Å². The molecule has 92 valence electrons. The van der Waals surface area contributed by atoms with Gasteiger partial charge in [0.05, 0.1) is 12.2 Å². The second-order valence-corrected chi connectivity index (χ2v) is 3.94. The molecule has 5 heteroatoms. The number of carbonyl (C=O) groups excluding carboxylic acids is 1. The molecule has 0 saturated carbocycles. The highest BCUT2D eigenvalue weighted by atomic mass is 16.1. The third-order valence-corrected chi connectivity index (χ3v) is 2.56. The third-order valence-electron chi connectivity index (χ3n) is 2.56. The van der Waals surface area contributed by atoms with E-state index in [9.17, 15) is 4.79 Å². The van der Waals surface area contributed by atoms with E-state index in [0.717, 1.165) is 11.4 Å². The molecule has 0 atom stereocenters. The number of amides is 1. The fourth-order valence-electron chi connectivity index (χ4n) is 1.62. The van der Waals surface area contributed by atoms with Crippen LogP contribution in [0.5, 0.6) is 0 Å². The smallest absolute Gasteiger partial charge is 0.267 e. The molecule has 0 spiro atoms. The maximum atomic E-state index is 11.1. The lowest BCUT2D eigenvalue weighted by molar-refractivity contribution is 0.0995. The van der Waals surface area contributed by atoms with Crippen LogP contribution in [0.2, 0.25) is 0 Å².